The molecule has 1 unspecified atom stereocenters. The Morgan fingerprint density at radius 1 is 1.17 bits per heavy atom. The van der Waals surface area contributed by atoms with Crippen molar-refractivity contribution in [1.82, 2.24) is 0 Å². The average molecular weight is 248 g/mol. The lowest BCUT2D eigenvalue weighted by atomic mass is 9.84. The zero-order chi connectivity index (χ0) is 14.1. The fourth-order valence-electron chi connectivity index (χ4n) is 2.24. The summed E-state index contributed by atoms with van der Waals surface area (Å²) in [5.74, 6) is -0.0995. The van der Waals surface area contributed by atoms with Gasteiger partial charge in [-0.25, -0.2) is 0 Å². The maximum absolute atomic E-state index is 12.1. The van der Waals surface area contributed by atoms with Crippen LogP contribution in [0, 0.1) is 26.2 Å². The maximum Gasteiger partial charge on any atom is 0.166 e. The quantitative estimate of drug-likeness (QED) is 0.892. The van der Waals surface area contributed by atoms with Crippen LogP contribution in [-0.2, 0) is 11.2 Å². The molecule has 0 aliphatic carbocycles. The normalized spacial score (nSPS) is 13.5. The van der Waals surface area contributed by atoms with Gasteiger partial charge in [0.15, 0.2) is 5.78 Å². The van der Waals surface area contributed by atoms with E-state index in [-0.39, 0.29) is 5.78 Å². The molecule has 1 aromatic carbocycles. The predicted molar refractivity (Wildman–Crippen MR) is 74.8 cm³/mol. The molecule has 0 fully saturated rings. The Morgan fingerprint density at radius 3 is 2.00 bits per heavy atom. The fourth-order valence-corrected chi connectivity index (χ4v) is 2.24. The second-order valence-corrected chi connectivity index (χ2v) is 6.29. The van der Waals surface area contributed by atoms with Crippen molar-refractivity contribution >= 4 is 5.78 Å². The van der Waals surface area contributed by atoms with Gasteiger partial charge in [-0.15, -0.1) is 0 Å². The molecule has 0 spiro atoms. The van der Waals surface area contributed by atoms with Gasteiger partial charge in [-0.2, -0.15) is 0 Å². The molecule has 0 bridgehead atoms. The molecule has 1 rings (SSSR count). The summed E-state index contributed by atoms with van der Waals surface area (Å²) in [5, 5.41) is 10.0. The van der Waals surface area contributed by atoms with Gasteiger partial charge < -0.3 is 5.11 Å². The second-order valence-electron chi connectivity index (χ2n) is 6.29. The summed E-state index contributed by atoms with van der Waals surface area (Å²) in [6, 6.07) is 4.16. The average Bonchev–Trinajstić information content (AvgIpc) is 2.20. The second kappa shape index (κ2) is 5.23. The largest absolute Gasteiger partial charge is 0.385 e. The van der Waals surface area contributed by atoms with Crippen molar-refractivity contribution < 1.29 is 9.90 Å². The van der Waals surface area contributed by atoms with E-state index in [9.17, 15) is 9.90 Å². The fraction of sp³-hybridized carbons (Fsp3) is 0.562. The summed E-state index contributed by atoms with van der Waals surface area (Å²) in [5.41, 5.74) is 4.11. The number of hydrogen-bond acceptors (Lipinski definition) is 2. The van der Waals surface area contributed by atoms with E-state index in [1.807, 2.05) is 34.6 Å². The Balaban J connectivity index is 2.96. The lowest BCUT2D eigenvalue weighted by molar-refractivity contribution is -0.131. The lowest BCUT2D eigenvalue weighted by Crippen LogP contribution is -2.35. The molecule has 1 N–H and O–H groups in total. The van der Waals surface area contributed by atoms with Crippen LogP contribution in [0.3, 0.4) is 0 Å². The van der Waals surface area contributed by atoms with E-state index in [0.717, 1.165) is 16.7 Å². The van der Waals surface area contributed by atoms with Gasteiger partial charge in [0.25, 0.3) is 0 Å². The summed E-state index contributed by atoms with van der Waals surface area (Å²) in [6.07, 6.45) is -0.589. The van der Waals surface area contributed by atoms with Gasteiger partial charge >= 0.3 is 0 Å². The van der Waals surface area contributed by atoms with Gasteiger partial charge in [0.1, 0.15) is 6.10 Å². The van der Waals surface area contributed by atoms with Gasteiger partial charge in [-0.05, 0) is 42.9 Å². The van der Waals surface area contributed by atoms with E-state index in [4.69, 9.17) is 0 Å². The first-order valence-corrected chi connectivity index (χ1v) is 6.40. The smallest absolute Gasteiger partial charge is 0.166 e. The van der Waals surface area contributed by atoms with Crippen LogP contribution in [0.15, 0.2) is 12.1 Å². The third kappa shape index (κ3) is 3.42. The predicted octanol–water partition coefficient (Wildman–Crippen LogP) is 3.13. The molecule has 18 heavy (non-hydrogen) atoms. The number of aryl methyl sites for hydroxylation is 3. The van der Waals surface area contributed by atoms with Crippen molar-refractivity contribution in [2.75, 3.05) is 0 Å². The zero-order valence-electron chi connectivity index (χ0n) is 12.3. The molecule has 0 saturated heterocycles. The zero-order valence-corrected chi connectivity index (χ0v) is 12.3. The van der Waals surface area contributed by atoms with E-state index in [1.165, 1.54) is 5.56 Å². The molecule has 0 aliphatic rings. The third-order valence-electron chi connectivity index (χ3n) is 3.32. The highest BCUT2D eigenvalue weighted by Crippen LogP contribution is 2.23. The first-order chi connectivity index (χ1) is 8.12. The van der Waals surface area contributed by atoms with E-state index in [1.54, 1.807) is 0 Å². The van der Waals surface area contributed by atoms with Gasteiger partial charge in [-0.1, -0.05) is 38.5 Å². The molecule has 1 atom stereocenters. The molecule has 100 valence electrons. The monoisotopic (exact) mass is 248 g/mol. The molecule has 0 radical (unpaired) electrons. The van der Waals surface area contributed by atoms with Crippen LogP contribution >= 0.6 is 0 Å². The Bertz CT molecular complexity index is 430. The molecular weight excluding hydrogens is 224 g/mol. The minimum atomic E-state index is -0.905. The summed E-state index contributed by atoms with van der Waals surface area (Å²) in [6.45, 7) is 11.7. The number of hydrogen-bond donors (Lipinski definition) is 1. The molecule has 1 aromatic rings. The number of Topliss-reactive ketones (excluding diaryl/α,β-unsaturated/α-hetero) is 1. The third-order valence-corrected chi connectivity index (χ3v) is 3.32. The van der Waals surface area contributed by atoms with Crippen LogP contribution in [0.5, 0.6) is 0 Å². The molecule has 0 amide bonds. The van der Waals surface area contributed by atoms with Crippen molar-refractivity contribution in [1.29, 1.82) is 0 Å². The van der Waals surface area contributed by atoms with Gasteiger partial charge in [0.2, 0.25) is 0 Å². The molecule has 0 saturated carbocycles. The number of carbonyl (C=O) groups excluding carboxylic acids is 1. The highest BCUT2D eigenvalue weighted by molar-refractivity contribution is 5.86. The van der Waals surface area contributed by atoms with E-state index in [2.05, 4.69) is 19.1 Å². The van der Waals surface area contributed by atoms with Crippen molar-refractivity contribution in [3.63, 3.8) is 0 Å². The maximum atomic E-state index is 12.1. The number of aliphatic hydroxyl groups is 1. The Labute approximate surface area is 110 Å². The lowest BCUT2D eigenvalue weighted by Gasteiger charge is -2.25. The van der Waals surface area contributed by atoms with E-state index < -0.39 is 11.5 Å². The molecule has 2 heteroatoms. The van der Waals surface area contributed by atoms with Crippen LogP contribution < -0.4 is 0 Å². The van der Waals surface area contributed by atoms with Crippen LogP contribution in [0.1, 0.15) is 43.0 Å². The van der Waals surface area contributed by atoms with E-state index >= 15 is 0 Å². The van der Waals surface area contributed by atoms with Crippen LogP contribution in [0.25, 0.3) is 0 Å². The van der Waals surface area contributed by atoms with Gasteiger partial charge in [-0.3, -0.25) is 4.79 Å². The number of carbonyl (C=O) groups is 1. The Kier molecular flexibility index (Phi) is 4.33. The molecular formula is C16H24O2. The summed E-state index contributed by atoms with van der Waals surface area (Å²) >= 11 is 0. The van der Waals surface area contributed by atoms with Crippen LogP contribution in [0.4, 0.5) is 0 Å². The molecule has 0 aromatic heterocycles. The van der Waals surface area contributed by atoms with Crippen molar-refractivity contribution in [2.45, 2.75) is 54.1 Å². The van der Waals surface area contributed by atoms with Gasteiger partial charge in [0, 0.05) is 6.42 Å². The molecule has 2 nitrogen and oxygen atoms in total. The van der Waals surface area contributed by atoms with Crippen molar-refractivity contribution in [3.8, 4) is 0 Å². The number of aliphatic hydroxyl groups excluding tert-OH is 1. The minimum absolute atomic E-state index is 0.0995. The SMILES string of the molecule is Cc1cc(C)c(CC(=O)C(O)C(C)(C)C)c(C)c1. The molecule has 0 heterocycles. The summed E-state index contributed by atoms with van der Waals surface area (Å²) in [7, 11) is 0. The topological polar surface area (TPSA) is 37.3 Å². The van der Waals surface area contributed by atoms with E-state index in [0.29, 0.717) is 6.42 Å². The Hall–Kier alpha value is -1.15. The first kappa shape index (κ1) is 14.9. The summed E-state index contributed by atoms with van der Waals surface area (Å²) in [4.78, 5) is 12.1. The van der Waals surface area contributed by atoms with Crippen LogP contribution in [0.2, 0.25) is 0 Å². The van der Waals surface area contributed by atoms with Crippen molar-refractivity contribution in [3.05, 3.63) is 34.4 Å². The highest BCUT2D eigenvalue weighted by atomic mass is 16.3. The minimum Gasteiger partial charge on any atom is -0.385 e. The van der Waals surface area contributed by atoms with Crippen LogP contribution in [-0.4, -0.2) is 17.0 Å². The standard InChI is InChI=1S/C16H24O2/c1-10-7-11(2)13(12(3)8-10)9-14(17)15(18)16(4,5)6/h7-8,15,18H,9H2,1-6H3. The number of benzene rings is 1. The summed E-state index contributed by atoms with van der Waals surface area (Å²) < 4.78 is 0. The molecule has 0 aliphatic heterocycles. The van der Waals surface area contributed by atoms with Gasteiger partial charge in [0.05, 0.1) is 0 Å². The highest BCUT2D eigenvalue weighted by Gasteiger charge is 2.29. The number of ketones is 1. The Morgan fingerprint density at radius 2 is 1.61 bits per heavy atom. The number of rotatable bonds is 3. The first-order valence-electron chi connectivity index (χ1n) is 6.40. The van der Waals surface area contributed by atoms with Crippen molar-refractivity contribution in [2.24, 2.45) is 5.41 Å².